The Morgan fingerprint density at radius 1 is 1.00 bits per heavy atom. The molecule has 0 aliphatic carbocycles. The molecule has 3 aromatic rings. The molecular formula is C16H10F2N2O2. The van der Waals surface area contributed by atoms with Gasteiger partial charge in [0, 0.05) is 17.1 Å². The maximum absolute atomic E-state index is 13.1. The molecule has 0 aliphatic rings. The highest BCUT2D eigenvalue weighted by molar-refractivity contribution is 6.04. The first-order valence-corrected chi connectivity index (χ1v) is 6.43. The molecule has 0 spiro atoms. The van der Waals surface area contributed by atoms with Crippen LogP contribution in [-0.4, -0.2) is 10.9 Å². The topological polar surface area (TPSA) is 62.0 Å². The zero-order valence-electron chi connectivity index (χ0n) is 11.2. The van der Waals surface area contributed by atoms with Gasteiger partial charge in [0.05, 0.1) is 0 Å². The summed E-state index contributed by atoms with van der Waals surface area (Å²) in [6.07, 6.45) is 0. The highest BCUT2D eigenvalue weighted by Crippen LogP contribution is 2.15. The fourth-order valence-corrected chi connectivity index (χ4v) is 2.11. The third-order valence-electron chi connectivity index (χ3n) is 3.18. The van der Waals surface area contributed by atoms with Crippen LogP contribution in [0.2, 0.25) is 0 Å². The maximum atomic E-state index is 13.1. The van der Waals surface area contributed by atoms with Gasteiger partial charge in [0.2, 0.25) is 0 Å². The number of pyridine rings is 1. The van der Waals surface area contributed by atoms with Crippen LogP contribution in [0.3, 0.4) is 0 Å². The lowest BCUT2D eigenvalue weighted by atomic mass is 10.1. The second-order valence-corrected chi connectivity index (χ2v) is 4.68. The number of amides is 1. The van der Waals surface area contributed by atoms with E-state index in [1.165, 1.54) is 12.1 Å². The largest absolute Gasteiger partial charge is 0.321 e. The van der Waals surface area contributed by atoms with Crippen LogP contribution in [0.25, 0.3) is 10.8 Å². The van der Waals surface area contributed by atoms with Gasteiger partial charge in [-0.2, -0.15) is 0 Å². The van der Waals surface area contributed by atoms with E-state index in [9.17, 15) is 18.4 Å². The molecule has 0 aliphatic heterocycles. The number of carbonyl (C=O) groups is 1. The van der Waals surface area contributed by atoms with E-state index >= 15 is 0 Å². The highest BCUT2D eigenvalue weighted by atomic mass is 19.2. The fraction of sp³-hybridized carbons (Fsp3) is 0. The van der Waals surface area contributed by atoms with Crippen molar-refractivity contribution in [1.82, 2.24) is 4.98 Å². The van der Waals surface area contributed by atoms with Gasteiger partial charge in [-0.25, -0.2) is 8.78 Å². The van der Waals surface area contributed by atoms with Gasteiger partial charge in [-0.3, -0.25) is 9.59 Å². The van der Waals surface area contributed by atoms with Crippen molar-refractivity contribution in [3.8, 4) is 0 Å². The number of aromatic amines is 1. The van der Waals surface area contributed by atoms with E-state index in [-0.39, 0.29) is 11.4 Å². The second-order valence-electron chi connectivity index (χ2n) is 4.68. The van der Waals surface area contributed by atoms with Crippen LogP contribution in [-0.2, 0) is 0 Å². The molecular weight excluding hydrogens is 290 g/mol. The van der Waals surface area contributed by atoms with Gasteiger partial charge >= 0.3 is 0 Å². The Kier molecular flexibility index (Phi) is 3.42. The molecule has 0 saturated heterocycles. The van der Waals surface area contributed by atoms with Crippen LogP contribution < -0.4 is 10.9 Å². The van der Waals surface area contributed by atoms with E-state index in [4.69, 9.17) is 0 Å². The molecule has 2 N–H and O–H groups in total. The highest BCUT2D eigenvalue weighted by Gasteiger charge is 2.11. The van der Waals surface area contributed by atoms with E-state index in [1.807, 2.05) is 0 Å². The normalized spacial score (nSPS) is 10.6. The Morgan fingerprint density at radius 2 is 1.77 bits per heavy atom. The number of fused-ring (bicyclic) bond motifs is 1. The summed E-state index contributed by atoms with van der Waals surface area (Å²) in [5.41, 5.74) is -0.264. The van der Waals surface area contributed by atoms with Crippen molar-refractivity contribution in [2.24, 2.45) is 0 Å². The zero-order chi connectivity index (χ0) is 15.7. The number of nitrogens with one attached hydrogen (secondary N) is 2. The van der Waals surface area contributed by atoms with Crippen LogP contribution >= 0.6 is 0 Å². The standard InChI is InChI=1S/C16H10F2N2O2/c17-12-6-5-10(8-13(12)18)19-16(22)14-7-9-3-1-2-4-11(9)15(21)20-14/h1-8H,(H,19,22)(H,20,21). The Hall–Kier alpha value is -3.02. The number of benzene rings is 2. The summed E-state index contributed by atoms with van der Waals surface area (Å²) in [6.45, 7) is 0. The number of halogens is 2. The van der Waals surface area contributed by atoms with E-state index in [2.05, 4.69) is 10.3 Å². The predicted molar refractivity (Wildman–Crippen MR) is 78.9 cm³/mol. The molecule has 3 rings (SSSR count). The summed E-state index contributed by atoms with van der Waals surface area (Å²) in [5.74, 6) is -2.68. The molecule has 1 amide bonds. The molecule has 0 atom stereocenters. The maximum Gasteiger partial charge on any atom is 0.272 e. The molecule has 110 valence electrons. The van der Waals surface area contributed by atoms with Crippen molar-refractivity contribution in [3.05, 3.63) is 76.2 Å². The zero-order valence-corrected chi connectivity index (χ0v) is 11.2. The number of H-pyrrole nitrogens is 1. The quantitative estimate of drug-likeness (QED) is 0.764. The number of aromatic nitrogens is 1. The van der Waals surface area contributed by atoms with Gasteiger partial charge in [-0.15, -0.1) is 0 Å². The van der Waals surface area contributed by atoms with Crippen molar-refractivity contribution < 1.29 is 13.6 Å². The van der Waals surface area contributed by atoms with Gasteiger partial charge in [-0.05, 0) is 29.7 Å². The molecule has 0 saturated carbocycles. The van der Waals surface area contributed by atoms with E-state index in [0.717, 1.165) is 12.1 Å². The average Bonchev–Trinajstić information content (AvgIpc) is 2.51. The van der Waals surface area contributed by atoms with E-state index < -0.39 is 23.1 Å². The Labute approximate surface area is 123 Å². The van der Waals surface area contributed by atoms with Gasteiger partial charge in [0.25, 0.3) is 11.5 Å². The van der Waals surface area contributed by atoms with Gasteiger partial charge in [0.15, 0.2) is 11.6 Å². The molecule has 0 unspecified atom stereocenters. The Balaban J connectivity index is 1.95. The summed E-state index contributed by atoms with van der Waals surface area (Å²) in [7, 11) is 0. The minimum absolute atomic E-state index is 0.0356. The Morgan fingerprint density at radius 3 is 2.55 bits per heavy atom. The van der Waals surface area contributed by atoms with Crippen LogP contribution in [0.15, 0.2) is 53.3 Å². The summed E-state index contributed by atoms with van der Waals surface area (Å²) in [5, 5.41) is 3.48. The lowest BCUT2D eigenvalue weighted by Gasteiger charge is -2.06. The molecule has 0 bridgehead atoms. The van der Waals surface area contributed by atoms with Gasteiger partial charge in [0.1, 0.15) is 5.69 Å². The summed E-state index contributed by atoms with van der Waals surface area (Å²) in [4.78, 5) is 26.5. The first-order chi connectivity index (χ1) is 10.5. The van der Waals surface area contributed by atoms with Crippen LogP contribution in [0.5, 0.6) is 0 Å². The molecule has 2 aromatic carbocycles. The first kappa shape index (κ1) is 13.9. The first-order valence-electron chi connectivity index (χ1n) is 6.43. The number of carbonyl (C=O) groups excluding carboxylic acids is 1. The smallest absolute Gasteiger partial charge is 0.272 e. The summed E-state index contributed by atoms with van der Waals surface area (Å²) < 4.78 is 26.0. The molecule has 6 heteroatoms. The third kappa shape index (κ3) is 2.58. The van der Waals surface area contributed by atoms with Gasteiger partial charge in [-0.1, -0.05) is 18.2 Å². The predicted octanol–water partition coefficient (Wildman–Crippen LogP) is 3.06. The van der Waals surface area contributed by atoms with Crippen LogP contribution in [0, 0.1) is 11.6 Å². The molecule has 4 nitrogen and oxygen atoms in total. The van der Waals surface area contributed by atoms with Crippen LogP contribution in [0.1, 0.15) is 10.5 Å². The molecule has 0 radical (unpaired) electrons. The second kappa shape index (κ2) is 5.40. The molecule has 0 fully saturated rings. The molecule has 1 heterocycles. The lowest BCUT2D eigenvalue weighted by Crippen LogP contribution is -2.19. The van der Waals surface area contributed by atoms with Crippen molar-refractivity contribution in [2.75, 3.05) is 5.32 Å². The lowest BCUT2D eigenvalue weighted by molar-refractivity contribution is 0.102. The summed E-state index contributed by atoms with van der Waals surface area (Å²) >= 11 is 0. The van der Waals surface area contributed by atoms with Crippen molar-refractivity contribution in [2.45, 2.75) is 0 Å². The van der Waals surface area contributed by atoms with Crippen molar-refractivity contribution >= 4 is 22.4 Å². The monoisotopic (exact) mass is 300 g/mol. The van der Waals surface area contributed by atoms with E-state index in [1.54, 1.807) is 24.3 Å². The summed E-state index contributed by atoms with van der Waals surface area (Å²) in [6, 6.07) is 11.4. The average molecular weight is 300 g/mol. The number of hydrogen-bond donors (Lipinski definition) is 2. The van der Waals surface area contributed by atoms with Gasteiger partial charge < -0.3 is 10.3 Å². The number of rotatable bonds is 2. The minimum Gasteiger partial charge on any atom is -0.321 e. The third-order valence-corrected chi connectivity index (χ3v) is 3.18. The number of hydrogen-bond acceptors (Lipinski definition) is 2. The van der Waals surface area contributed by atoms with E-state index in [0.29, 0.717) is 10.8 Å². The van der Waals surface area contributed by atoms with Crippen LogP contribution in [0.4, 0.5) is 14.5 Å². The van der Waals surface area contributed by atoms with Crippen molar-refractivity contribution in [1.29, 1.82) is 0 Å². The SMILES string of the molecule is O=C(Nc1ccc(F)c(F)c1)c1cc2ccccc2c(=O)[nH]1. The molecule has 1 aromatic heterocycles. The minimum atomic E-state index is -1.06. The Bertz CT molecular complexity index is 935. The fourth-order valence-electron chi connectivity index (χ4n) is 2.11. The van der Waals surface area contributed by atoms with Crippen molar-refractivity contribution in [3.63, 3.8) is 0 Å². The number of anilines is 1. The molecule has 22 heavy (non-hydrogen) atoms.